The zero-order valence-corrected chi connectivity index (χ0v) is 35.5. The number of hydrogen-bond donors (Lipinski definition) is 1. The molecule has 0 radical (unpaired) electrons. The molecule has 0 aliphatic carbocycles. The van der Waals surface area contributed by atoms with Gasteiger partial charge >= 0.3 is 21.1 Å². The first-order chi connectivity index (χ1) is 29.2. The number of para-hydroxylation sites is 4. The van der Waals surface area contributed by atoms with E-state index in [1.54, 1.807) is 25.5 Å². The zero-order chi connectivity index (χ0) is 43.3. The van der Waals surface area contributed by atoms with Crippen molar-refractivity contribution < 1.29 is 26.6 Å². The molecular formula is C50H45N7Pt. The molecule has 6 aromatic carbocycles. The molecule has 0 unspecified atom stereocenters. The fourth-order valence-corrected chi connectivity index (χ4v) is 7.65. The second kappa shape index (κ2) is 16.5. The van der Waals surface area contributed by atoms with Crippen LogP contribution in [0.5, 0.6) is 0 Å². The Labute approximate surface area is 362 Å². The molecule has 0 saturated carbocycles. The molecule has 2 aliphatic heterocycles. The number of aromatic nitrogens is 1. The molecule has 0 saturated heterocycles. The fourth-order valence-electron chi connectivity index (χ4n) is 7.65. The Bertz CT molecular complexity index is 2790. The van der Waals surface area contributed by atoms with Gasteiger partial charge in [-0.1, -0.05) is 90.1 Å². The summed E-state index contributed by atoms with van der Waals surface area (Å²) in [6.07, 6.45) is 0. The van der Waals surface area contributed by atoms with Crippen molar-refractivity contribution in [3.8, 4) is 23.3 Å². The van der Waals surface area contributed by atoms with E-state index in [4.69, 9.17) is 16.0 Å². The van der Waals surface area contributed by atoms with Crippen molar-refractivity contribution in [2.24, 2.45) is 0 Å². The summed E-state index contributed by atoms with van der Waals surface area (Å²) in [6, 6.07) is 43.0. The van der Waals surface area contributed by atoms with E-state index in [0.717, 1.165) is 55.8 Å². The Morgan fingerprint density at radius 3 is 1.79 bits per heavy atom. The second-order valence-corrected chi connectivity index (χ2v) is 15.4. The molecule has 7 aromatic rings. The number of rotatable bonds is 6. The van der Waals surface area contributed by atoms with Crippen LogP contribution in [0.25, 0.3) is 32.9 Å². The number of nitriles is 2. The quantitative estimate of drug-likeness (QED) is 0.166. The van der Waals surface area contributed by atoms with Crippen LogP contribution < -0.4 is 25.0 Å². The summed E-state index contributed by atoms with van der Waals surface area (Å²) in [5, 5.41) is 21.0. The molecule has 290 valence electrons. The zero-order valence-electron chi connectivity index (χ0n) is 37.2. The van der Waals surface area contributed by atoms with E-state index in [9.17, 15) is 0 Å². The first kappa shape index (κ1) is 35.2. The SMILES string of the molecule is N#Cc1ccc2[n-]c3ccc(C#N)cc3c2c1.[2H]N1[CH-]N(c2[c-]c(N3[CH-]N(C([2H])([2H])[2H])c4ccccc43)cc(-c3c(C(C)C)cc(C(C)C)cc3C(C)C)c2)c2ccccc21.[Pt+4]. The first-order valence-corrected chi connectivity index (χ1v) is 19.3. The molecule has 9 rings (SSSR count). The summed E-state index contributed by atoms with van der Waals surface area (Å²) in [5.74, 6) is 0.963. The Balaban J connectivity index is 0.000000267. The summed E-state index contributed by atoms with van der Waals surface area (Å²) >= 11 is 0. The van der Waals surface area contributed by atoms with E-state index in [0.29, 0.717) is 22.7 Å². The predicted octanol–water partition coefficient (Wildman–Crippen LogP) is 12.6. The number of benzene rings is 6. The van der Waals surface area contributed by atoms with Crippen LogP contribution in [0.1, 0.15) is 91.2 Å². The van der Waals surface area contributed by atoms with Crippen LogP contribution in [0.3, 0.4) is 0 Å². The van der Waals surface area contributed by atoms with Gasteiger partial charge in [0.05, 0.1) is 23.3 Å². The normalized spacial score (nSPS) is 14.3. The van der Waals surface area contributed by atoms with Crippen LogP contribution in [0.15, 0.2) is 109 Å². The van der Waals surface area contributed by atoms with Gasteiger partial charge in [0, 0.05) is 26.9 Å². The third-order valence-corrected chi connectivity index (χ3v) is 10.6. The summed E-state index contributed by atoms with van der Waals surface area (Å²) in [6.45, 7) is 14.5. The molecule has 8 heteroatoms. The molecule has 0 fully saturated rings. The van der Waals surface area contributed by atoms with Gasteiger partial charge in [-0.25, -0.2) is 0 Å². The summed E-state index contributed by atoms with van der Waals surface area (Å²) < 4.78 is 33.3. The third kappa shape index (κ3) is 7.44. The van der Waals surface area contributed by atoms with E-state index in [-0.39, 0.29) is 32.9 Å². The topological polar surface area (TPSA) is 83.4 Å². The standard InChI is InChI=1S/C36H39N4.C14H6N3.Pt/c1-23(2)26-18-30(24(3)4)36(31(19-26)25(5)6)27-16-28(39-21-37-32-12-8-9-13-33(32)39)20-29(17-27)40-22-38(7)34-14-10-11-15-35(34)40;15-7-9-1-3-13-11(5-9)12-6-10(8-16)2-4-14(12)17-13;/h8-19,21-25,37H,1-7H3;1-6H;/q-3;-1;+4/i7D3;;/hD. The van der Waals surface area contributed by atoms with Gasteiger partial charge in [-0.15, -0.1) is 46.2 Å². The molecule has 58 heavy (non-hydrogen) atoms. The number of nitrogens with zero attached hydrogens (tertiary/aromatic N) is 6. The molecular weight excluding hydrogens is 894 g/mol. The van der Waals surface area contributed by atoms with Crippen LogP contribution in [0, 0.1) is 42.1 Å². The molecule has 7 nitrogen and oxygen atoms in total. The number of nitrogens with one attached hydrogen (secondary N) is 1. The van der Waals surface area contributed by atoms with Gasteiger partial charge in [0.25, 0.3) is 0 Å². The van der Waals surface area contributed by atoms with Crippen molar-refractivity contribution in [3.63, 3.8) is 0 Å². The maximum absolute atomic E-state index is 8.88. The minimum Gasteiger partial charge on any atom is -0.657 e. The van der Waals surface area contributed by atoms with Gasteiger partial charge in [0.15, 0.2) is 0 Å². The van der Waals surface area contributed by atoms with E-state index in [1.807, 2.05) is 82.6 Å². The Hall–Kier alpha value is -6.01. The summed E-state index contributed by atoms with van der Waals surface area (Å²) in [4.78, 5) is 9.71. The van der Waals surface area contributed by atoms with Crippen LogP contribution in [0.2, 0.25) is 1.41 Å². The average molecular weight is 943 g/mol. The second-order valence-electron chi connectivity index (χ2n) is 15.4. The summed E-state index contributed by atoms with van der Waals surface area (Å²) in [7, 11) is 0. The molecule has 1 aromatic heterocycles. The van der Waals surface area contributed by atoms with Crippen molar-refractivity contribution in [3.05, 3.63) is 156 Å². The first-order valence-electron chi connectivity index (χ1n) is 21.2. The van der Waals surface area contributed by atoms with Crippen molar-refractivity contribution >= 4 is 55.9 Å². The summed E-state index contributed by atoms with van der Waals surface area (Å²) in [5.41, 5.74) is 13.6. The molecule has 2 aliphatic rings. The fraction of sp³-hybridized carbons (Fsp3) is 0.200. The molecule has 1 N–H and O–H groups in total. The van der Waals surface area contributed by atoms with Gasteiger partial charge in [0.1, 0.15) is 1.41 Å². The van der Waals surface area contributed by atoms with Gasteiger partial charge < -0.3 is 25.0 Å². The number of fused-ring (bicyclic) bond motifs is 5. The Morgan fingerprint density at radius 2 is 1.24 bits per heavy atom. The van der Waals surface area contributed by atoms with E-state index >= 15 is 0 Å². The average Bonchev–Trinajstić information content (AvgIpc) is 3.94. The van der Waals surface area contributed by atoms with Crippen LogP contribution in [-0.2, 0) is 21.1 Å². The monoisotopic (exact) mass is 942 g/mol. The molecule has 0 amide bonds. The number of hydrogen-bond acceptors (Lipinski definition) is 6. The van der Waals surface area contributed by atoms with Crippen LogP contribution in [-0.4, -0.2) is 6.98 Å². The van der Waals surface area contributed by atoms with Gasteiger partial charge in [-0.05, 0) is 106 Å². The van der Waals surface area contributed by atoms with Crippen molar-refractivity contribution in [1.82, 2.24) is 4.98 Å². The third-order valence-electron chi connectivity index (χ3n) is 10.6. The smallest absolute Gasteiger partial charge is 0.657 e. The van der Waals surface area contributed by atoms with Gasteiger partial charge in [0.2, 0.25) is 0 Å². The van der Waals surface area contributed by atoms with Crippen molar-refractivity contribution in [2.45, 2.75) is 59.3 Å². The minimum atomic E-state index is -2.35. The van der Waals surface area contributed by atoms with Crippen LogP contribution >= 0.6 is 0 Å². The van der Waals surface area contributed by atoms with Gasteiger partial charge in [-0.2, -0.15) is 23.9 Å². The maximum Gasteiger partial charge on any atom is 4.00 e. The Morgan fingerprint density at radius 1 is 0.690 bits per heavy atom. The number of anilines is 6. The predicted molar refractivity (Wildman–Crippen MR) is 235 cm³/mol. The molecule has 0 atom stereocenters. The maximum atomic E-state index is 8.88. The van der Waals surface area contributed by atoms with Crippen molar-refractivity contribution in [1.29, 1.82) is 10.5 Å². The molecule has 0 spiro atoms. The Kier molecular flexibility index (Phi) is 9.98. The van der Waals surface area contributed by atoms with Crippen LogP contribution in [0.4, 0.5) is 34.1 Å². The van der Waals surface area contributed by atoms with Crippen molar-refractivity contribution in [2.75, 3.05) is 27.0 Å². The minimum absolute atomic E-state index is 0. The molecule has 0 bridgehead atoms. The van der Waals surface area contributed by atoms with E-state index in [1.165, 1.54) is 32.5 Å². The largest absolute Gasteiger partial charge is 4.00 e. The van der Waals surface area contributed by atoms with Gasteiger partial charge in [-0.3, -0.25) is 0 Å². The van der Waals surface area contributed by atoms with E-state index < -0.39 is 6.98 Å². The van der Waals surface area contributed by atoms with E-state index in [2.05, 4.69) is 89.0 Å². The molecule has 3 heterocycles.